The summed E-state index contributed by atoms with van der Waals surface area (Å²) in [5, 5.41) is 31.3. The van der Waals surface area contributed by atoms with E-state index in [4.69, 9.17) is 4.74 Å². The third-order valence-corrected chi connectivity index (χ3v) is 6.06. The molecule has 152 valence electrons. The summed E-state index contributed by atoms with van der Waals surface area (Å²) in [5.41, 5.74) is 0. The molecule has 2 unspecified atom stereocenters. The molecule has 0 radical (unpaired) electrons. The van der Waals surface area contributed by atoms with Gasteiger partial charge in [-0.05, 0) is 25.7 Å². The van der Waals surface area contributed by atoms with Crippen LogP contribution < -0.4 is 0 Å². The van der Waals surface area contributed by atoms with E-state index in [0.29, 0.717) is 12.8 Å². The Morgan fingerprint density at radius 2 is 1.50 bits per heavy atom. The van der Waals surface area contributed by atoms with Gasteiger partial charge in [-0.15, -0.1) is 0 Å². The number of hydrogen-bond donors (Lipinski definition) is 3. The molecule has 1 heterocycles. The average Bonchev–Trinajstić information content (AvgIpc) is 2.61. The first-order chi connectivity index (χ1) is 12.0. The first kappa shape index (κ1) is 23.1. The van der Waals surface area contributed by atoms with E-state index >= 15 is 0 Å². The third kappa shape index (κ3) is 5.51. The van der Waals surface area contributed by atoms with E-state index in [0.717, 1.165) is 0 Å². The molecule has 9 atom stereocenters. The Hall–Kier alpha value is -0.980. The van der Waals surface area contributed by atoms with Gasteiger partial charge in [0.15, 0.2) is 0 Å². The second-order valence-corrected chi connectivity index (χ2v) is 8.20. The van der Waals surface area contributed by atoms with Crippen LogP contribution in [0.5, 0.6) is 0 Å². The zero-order valence-electron chi connectivity index (χ0n) is 16.9. The maximum atomic E-state index is 12.7. The minimum Gasteiger partial charge on any atom is -0.462 e. The van der Waals surface area contributed by atoms with Crippen LogP contribution in [-0.2, 0) is 14.3 Å². The van der Waals surface area contributed by atoms with E-state index in [1.807, 2.05) is 20.8 Å². The van der Waals surface area contributed by atoms with Gasteiger partial charge in [0.05, 0.1) is 24.2 Å². The van der Waals surface area contributed by atoms with Gasteiger partial charge in [-0.1, -0.05) is 34.6 Å². The first-order valence-electron chi connectivity index (χ1n) is 9.79. The van der Waals surface area contributed by atoms with Crippen molar-refractivity contribution in [2.24, 2.45) is 29.6 Å². The Kier molecular flexibility index (Phi) is 8.70. The number of rotatable bonds is 1. The standard InChI is InChI=1S/C20H36O6/c1-7-17-13(5)19(24)14(6)18(23)11(3)8-10(2)15(21)9-16(22)12(4)20(25)26-17/h10-17,19,21-22,24H,7-9H2,1-6H3/t10?,11-,12-,13+,14+,15-,16+,17?,19+/m1/s1. The number of esters is 1. The lowest BCUT2D eigenvalue weighted by atomic mass is 9.79. The molecule has 1 fully saturated rings. The van der Waals surface area contributed by atoms with Crippen LogP contribution in [0, 0.1) is 29.6 Å². The van der Waals surface area contributed by atoms with E-state index in [-0.39, 0.29) is 24.0 Å². The highest BCUT2D eigenvalue weighted by atomic mass is 16.5. The lowest BCUT2D eigenvalue weighted by molar-refractivity contribution is -0.164. The zero-order chi connectivity index (χ0) is 20.2. The van der Waals surface area contributed by atoms with E-state index < -0.39 is 48.1 Å². The molecule has 3 N–H and O–H groups in total. The van der Waals surface area contributed by atoms with Crippen LogP contribution in [-0.4, -0.2) is 51.5 Å². The molecule has 1 aliphatic heterocycles. The van der Waals surface area contributed by atoms with Crippen LogP contribution in [0.4, 0.5) is 0 Å². The summed E-state index contributed by atoms with van der Waals surface area (Å²) < 4.78 is 5.53. The molecule has 0 amide bonds. The smallest absolute Gasteiger partial charge is 0.311 e. The Bertz CT molecular complexity index is 479. The molecular formula is C20H36O6. The number of aliphatic hydroxyl groups is 3. The van der Waals surface area contributed by atoms with Crippen LogP contribution in [0.1, 0.15) is 60.8 Å². The molecule has 0 aromatic rings. The van der Waals surface area contributed by atoms with Crippen molar-refractivity contribution < 1.29 is 29.6 Å². The molecule has 1 aliphatic rings. The number of cyclic esters (lactones) is 1. The number of aliphatic hydroxyl groups excluding tert-OH is 3. The predicted octanol–water partition coefficient (Wildman–Crippen LogP) is 1.93. The van der Waals surface area contributed by atoms with Crippen LogP contribution in [0.15, 0.2) is 0 Å². The van der Waals surface area contributed by atoms with E-state index in [1.165, 1.54) is 0 Å². The van der Waals surface area contributed by atoms with Gasteiger partial charge in [-0.2, -0.15) is 0 Å². The maximum Gasteiger partial charge on any atom is 0.311 e. The molecule has 0 spiro atoms. The molecule has 6 nitrogen and oxygen atoms in total. The summed E-state index contributed by atoms with van der Waals surface area (Å²) in [5.74, 6) is -2.87. The molecule has 26 heavy (non-hydrogen) atoms. The van der Waals surface area contributed by atoms with Gasteiger partial charge in [-0.25, -0.2) is 0 Å². The Morgan fingerprint density at radius 1 is 0.923 bits per heavy atom. The number of carbonyl (C=O) groups excluding carboxylic acids is 2. The molecule has 0 aromatic carbocycles. The molecule has 0 bridgehead atoms. The SMILES string of the molecule is CCC1OC(=O)[C@H](C)[C@@H](O)C[C@@H](O)C(C)C[C@@H](C)C(=O)[C@H](C)[C@@H](O)[C@H]1C. The molecule has 1 rings (SSSR count). The minimum absolute atomic E-state index is 0.0584. The highest BCUT2D eigenvalue weighted by Gasteiger charge is 2.37. The van der Waals surface area contributed by atoms with E-state index in [9.17, 15) is 24.9 Å². The number of ether oxygens (including phenoxy) is 1. The zero-order valence-corrected chi connectivity index (χ0v) is 16.9. The molecule has 0 aliphatic carbocycles. The Morgan fingerprint density at radius 3 is 2.04 bits per heavy atom. The largest absolute Gasteiger partial charge is 0.462 e. The lowest BCUT2D eigenvalue weighted by Gasteiger charge is -2.33. The summed E-state index contributed by atoms with van der Waals surface area (Å²) in [6.07, 6.45) is -2.28. The van der Waals surface area contributed by atoms with Gasteiger partial charge in [-0.3, -0.25) is 9.59 Å². The number of ketones is 1. The lowest BCUT2D eigenvalue weighted by Crippen LogP contribution is -2.43. The normalized spacial score (nSPS) is 44.3. The van der Waals surface area contributed by atoms with Crippen LogP contribution in [0.2, 0.25) is 0 Å². The summed E-state index contributed by atoms with van der Waals surface area (Å²) in [6, 6.07) is 0. The summed E-state index contributed by atoms with van der Waals surface area (Å²) in [7, 11) is 0. The Balaban J connectivity index is 3.14. The number of carbonyl (C=O) groups is 2. The van der Waals surface area contributed by atoms with Crippen molar-refractivity contribution in [2.45, 2.75) is 85.2 Å². The summed E-state index contributed by atoms with van der Waals surface area (Å²) in [4.78, 5) is 25.1. The van der Waals surface area contributed by atoms with Crippen molar-refractivity contribution in [2.75, 3.05) is 0 Å². The van der Waals surface area contributed by atoms with Crippen molar-refractivity contribution in [3.05, 3.63) is 0 Å². The number of Topliss-reactive ketones (excluding diaryl/α,β-unsaturated/α-hetero) is 1. The fourth-order valence-electron chi connectivity index (χ4n) is 3.78. The fourth-order valence-corrected chi connectivity index (χ4v) is 3.78. The van der Waals surface area contributed by atoms with Crippen molar-refractivity contribution in [3.63, 3.8) is 0 Å². The van der Waals surface area contributed by atoms with Gasteiger partial charge in [0.1, 0.15) is 11.9 Å². The van der Waals surface area contributed by atoms with Crippen molar-refractivity contribution in [1.29, 1.82) is 0 Å². The van der Waals surface area contributed by atoms with Gasteiger partial charge in [0.25, 0.3) is 0 Å². The van der Waals surface area contributed by atoms with E-state index in [1.54, 1.807) is 20.8 Å². The van der Waals surface area contributed by atoms with Crippen molar-refractivity contribution >= 4 is 11.8 Å². The maximum absolute atomic E-state index is 12.7. The fraction of sp³-hybridized carbons (Fsp3) is 0.900. The second-order valence-electron chi connectivity index (χ2n) is 8.20. The van der Waals surface area contributed by atoms with Gasteiger partial charge in [0.2, 0.25) is 0 Å². The quantitative estimate of drug-likeness (QED) is 0.608. The average molecular weight is 373 g/mol. The highest BCUT2D eigenvalue weighted by Crippen LogP contribution is 2.29. The molecular weight excluding hydrogens is 336 g/mol. The van der Waals surface area contributed by atoms with Crippen molar-refractivity contribution in [1.82, 2.24) is 0 Å². The Labute approximate surface area is 156 Å². The van der Waals surface area contributed by atoms with Gasteiger partial charge in [0, 0.05) is 24.2 Å². The van der Waals surface area contributed by atoms with Crippen LogP contribution >= 0.6 is 0 Å². The molecule has 6 heteroatoms. The van der Waals surface area contributed by atoms with Crippen molar-refractivity contribution in [3.8, 4) is 0 Å². The van der Waals surface area contributed by atoms with Gasteiger partial charge >= 0.3 is 5.97 Å². The highest BCUT2D eigenvalue weighted by molar-refractivity contribution is 5.83. The number of hydrogen-bond acceptors (Lipinski definition) is 6. The predicted molar refractivity (Wildman–Crippen MR) is 98.3 cm³/mol. The molecule has 1 saturated heterocycles. The second kappa shape index (κ2) is 9.81. The minimum atomic E-state index is -1.02. The van der Waals surface area contributed by atoms with Crippen LogP contribution in [0.3, 0.4) is 0 Å². The van der Waals surface area contributed by atoms with Crippen LogP contribution in [0.25, 0.3) is 0 Å². The summed E-state index contributed by atoms with van der Waals surface area (Å²) >= 11 is 0. The monoisotopic (exact) mass is 372 g/mol. The first-order valence-corrected chi connectivity index (χ1v) is 9.79. The third-order valence-electron chi connectivity index (χ3n) is 6.06. The molecule has 0 aromatic heterocycles. The topological polar surface area (TPSA) is 104 Å². The molecule has 0 saturated carbocycles. The summed E-state index contributed by atoms with van der Waals surface area (Å²) in [6.45, 7) is 10.5. The van der Waals surface area contributed by atoms with Gasteiger partial charge < -0.3 is 20.1 Å². The van der Waals surface area contributed by atoms with E-state index in [2.05, 4.69) is 0 Å².